The van der Waals surface area contributed by atoms with E-state index in [9.17, 15) is 0 Å². The maximum absolute atomic E-state index is 5.03. The molecule has 58 heavy (non-hydrogen) atoms. The van der Waals surface area contributed by atoms with E-state index in [0.717, 1.165) is 77.9 Å². The summed E-state index contributed by atoms with van der Waals surface area (Å²) in [6, 6.07) is 64.6. The molecule has 10 rings (SSSR count). The number of aromatic nitrogens is 6. The van der Waals surface area contributed by atoms with Crippen LogP contribution in [0.4, 0.5) is 0 Å². The average Bonchev–Trinajstić information content (AvgIpc) is 3.32. The highest BCUT2D eigenvalue weighted by Crippen LogP contribution is 2.38. The summed E-state index contributed by atoms with van der Waals surface area (Å²) in [6.45, 7) is 0. The number of benzene rings is 6. The van der Waals surface area contributed by atoms with Crippen LogP contribution in [-0.2, 0) is 0 Å². The fraction of sp³-hybridized carbons (Fsp3) is 0. The Morgan fingerprint density at radius 3 is 1.31 bits per heavy atom. The normalized spacial score (nSPS) is 11.1. The summed E-state index contributed by atoms with van der Waals surface area (Å²) >= 11 is 0. The summed E-state index contributed by atoms with van der Waals surface area (Å²) in [5, 5.41) is 2.30. The maximum atomic E-state index is 5.03. The number of nitrogens with zero attached hydrogens (tertiary/aromatic N) is 6. The Hall–Kier alpha value is -7.96. The molecule has 0 radical (unpaired) electrons. The van der Waals surface area contributed by atoms with Crippen LogP contribution >= 0.6 is 0 Å². The van der Waals surface area contributed by atoms with E-state index in [1.54, 1.807) is 18.6 Å². The van der Waals surface area contributed by atoms with Crippen molar-refractivity contribution in [2.75, 3.05) is 0 Å². The zero-order chi connectivity index (χ0) is 38.7. The van der Waals surface area contributed by atoms with Crippen molar-refractivity contribution in [2.45, 2.75) is 0 Å². The Balaban J connectivity index is 1.03. The minimum Gasteiger partial charge on any atom is -0.265 e. The van der Waals surface area contributed by atoms with Gasteiger partial charge in [-0.15, -0.1) is 0 Å². The van der Waals surface area contributed by atoms with Gasteiger partial charge in [0.05, 0.1) is 17.1 Å². The molecular weight excluding hydrogens is 709 g/mol. The van der Waals surface area contributed by atoms with Crippen LogP contribution < -0.4 is 0 Å². The first kappa shape index (κ1) is 34.5. The summed E-state index contributed by atoms with van der Waals surface area (Å²) in [7, 11) is 0. The first-order chi connectivity index (χ1) is 28.7. The van der Waals surface area contributed by atoms with E-state index in [-0.39, 0.29) is 0 Å². The predicted octanol–water partition coefficient (Wildman–Crippen LogP) is 12.5. The van der Waals surface area contributed by atoms with E-state index in [2.05, 4.69) is 131 Å². The van der Waals surface area contributed by atoms with Crippen LogP contribution in [0.3, 0.4) is 0 Å². The minimum atomic E-state index is 0.620. The van der Waals surface area contributed by atoms with Gasteiger partial charge in [0.15, 0.2) is 17.5 Å². The molecule has 0 spiro atoms. The van der Waals surface area contributed by atoms with Crippen molar-refractivity contribution in [3.05, 3.63) is 207 Å². The molecule has 0 saturated carbocycles. The van der Waals surface area contributed by atoms with Crippen LogP contribution in [0.5, 0.6) is 0 Å². The largest absolute Gasteiger partial charge is 0.265 e. The lowest BCUT2D eigenvalue weighted by Crippen LogP contribution is -2.00. The van der Waals surface area contributed by atoms with Gasteiger partial charge in [0, 0.05) is 40.8 Å². The van der Waals surface area contributed by atoms with Crippen LogP contribution in [0.25, 0.3) is 101 Å². The fourth-order valence-corrected chi connectivity index (χ4v) is 7.40. The summed E-state index contributed by atoms with van der Waals surface area (Å²) in [5.74, 6) is 1.88. The molecule has 0 fully saturated rings. The molecule has 0 bridgehead atoms. The third-order valence-electron chi connectivity index (χ3n) is 10.3. The third-order valence-corrected chi connectivity index (χ3v) is 10.3. The van der Waals surface area contributed by atoms with E-state index in [1.807, 2.05) is 66.7 Å². The molecule has 0 atom stereocenters. The smallest absolute Gasteiger partial charge is 0.164 e. The number of hydrogen-bond acceptors (Lipinski definition) is 6. The maximum Gasteiger partial charge on any atom is 0.164 e. The van der Waals surface area contributed by atoms with E-state index in [1.165, 1.54) is 5.56 Å². The highest BCUT2D eigenvalue weighted by molar-refractivity contribution is 6.05. The Bertz CT molecular complexity index is 2950. The van der Waals surface area contributed by atoms with E-state index < -0.39 is 0 Å². The van der Waals surface area contributed by atoms with Crippen molar-refractivity contribution >= 4 is 10.8 Å². The molecule has 6 heteroatoms. The molecule has 0 aliphatic heterocycles. The quantitative estimate of drug-likeness (QED) is 0.154. The van der Waals surface area contributed by atoms with Crippen molar-refractivity contribution in [3.63, 3.8) is 0 Å². The Morgan fingerprint density at radius 1 is 0.259 bits per heavy atom. The second-order valence-electron chi connectivity index (χ2n) is 14.0. The molecule has 0 aliphatic carbocycles. The van der Waals surface area contributed by atoms with Gasteiger partial charge in [0.25, 0.3) is 0 Å². The standard InChI is InChI=1S/C52H34N6/c1-3-11-35(12-4-1)36-18-22-40(23-19-36)51-56-50(39-13-5-2-6-14-39)57-52(58-51)41-24-20-37(21-25-41)43-26-27-44(46-16-8-7-15-45(43)46)42-33-48(38-28-31-53-32-29-38)55-49(34-42)47-17-9-10-30-54-47/h1-34H. The zero-order valence-corrected chi connectivity index (χ0v) is 31.3. The van der Waals surface area contributed by atoms with Gasteiger partial charge in [-0.1, -0.05) is 152 Å². The van der Waals surface area contributed by atoms with Gasteiger partial charge < -0.3 is 0 Å². The van der Waals surface area contributed by atoms with Gasteiger partial charge in [-0.25, -0.2) is 19.9 Å². The first-order valence-corrected chi connectivity index (χ1v) is 19.2. The molecule has 4 heterocycles. The fourth-order valence-electron chi connectivity index (χ4n) is 7.40. The Kier molecular flexibility index (Phi) is 9.10. The second kappa shape index (κ2) is 15.3. The zero-order valence-electron chi connectivity index (χ0n) is 31.3. The van der Waals surface area contributed by atoms with Crippen LogP contribution in [0.2, 0.25) is 0 Å². The number of rotatable bonds is 8. The number of hydrogen-bond donors (Lipinski definition) is 0. The lowest BCUT2D eigenvalue weighted by atomic mass is 9.91. The molecule has 4 aromatic heterocycles. The second-order valence-corrected chi connectivity index (χ2v) is 14.0. The summed E-state index contributed by atoms with van der Waals surface area (Å²) < 4.78 is 0. The van der Waals surface area contributed by atoms with Gasteiger partial charge in [-0.2, -0.15) is 0 Å². The van der Waals surface area contributed by atoms with Crippen molar-refractivity contribution in [2.24, 2.45) is 0 Å². The van der Waals surface area contributed by atoms with Gasteiger partial charge in [-0.05, 0) is 80.6 Å². The van der Waals surface area contributed by atoms with Crippen molar-refractivity contribution in [1.82, 2.24) is 29.9 Å². The van der Waals surface area contributed by atoms with Crippen LogP contribution in [0, 0.1) is 0 Å². The highest BCUT2D eigenvalue weighted by Gasteiger charge is 2.16. The lowest BCUT2D eigenvalue weighted by Gasteiger charge is -2.15. The Labute approximate surface area is 336 Å². The summed E-state index contributed by atoms with van der Waals surface area (Å²) in [6.07, 6.45) is 5.40. The van der Waals surface area contributed by atoms with Gasteiger partial charge >= 0.3 is 0 Å². The highest BCUT2D eigenvalue weighted by atomic mass is 15.0. The molecule has 0 N–H and O–H groups in total. The Morgan fingerprint density at radius 2 is 0.724 bits per heavy atom. The van der Waals surface area contributed by atoms with E-state index in [4.69, 9.17) is 19.9 Å². The van der Waals surface area contributed by atoms with Gasteiger partial charge in [0.2, 0.25) is 0 Å². The molecule has 0 saturated heterocycles. The van der Waals surface area contributed by atoms with Gasteiger partial charge in [0.1, 0.15) is 0 Å². The topological polar surface area (TPSA) is 77.3 Å². The first-order valence-electron chi connectivity index (χ1n) is 19.2. The van der Waals surface area contributed by atoms with Crippen LogP contribution in [-0.4, -0.2) is 29.9 Å². The molecule has 10 aromatic rings. The molecule has 6 aromatic carbocycles. The van der Waals surface area contributed by atoms with Gasteiger partial charge in [-0.3, -0.25) is 9.97 Å². The predicted molar refractivity (Wildman–Crippen MR) is 234 cm³/mol. The molecule has 0 unspecified atom stereocenters. The lowest BCUT2D eigenvalue weighted by molar-refractivity contribution is 1.07. The number of fused-ring (bicyclic) bond motifs is 1. The van der Waals surface area contributed by atoms with Crippen LogP contribution in [0.15, 0.2) is 207 Å². The number of pyridine rings is 3. The van der Waals surface area contributed by atoms with Crippen molar-refractivity contribution in [1.29, 1.82) is 0 Å². The van der Waals surface area contributed by atoms with Crippen molar-refractivity contribution < 1.29 is 0 Å². The van der Waals surface area contributed by atoms with E-state index >= 15 is 0 Å². The third kappa shape index (κ3) is 6.91. The minimum absolute atomic E-state index is 0.620. The molecule has 6 nitrogen and oxygen atoms in total. The van der Waals surface area contributed by atoms with Crippen LogP contribution in [0.1, 0.15) is 0 Å². The summed E-state index contributed by atoms with van der Waals surface area (Å²) in [4.78, 5) is 28.8. The molecule has 0 amide bonds. The molecule has 0 aliphatic rings. The van der Waals surface area contributed by atoms with Crippen molar-refractivity contribution in [3.8, 4) is 90.2 Å². The SMILES string of the molecule is c1ccc(-c2ccc(-c3nc(-c4ccccc4)nc(-c4ccc(-c5ccc(-c6cc(-c7ccncc7)nc(-c7ccccn7)c6)c6ccccc56)cc4)n3)cc2)cc1. The van der Waals surface area contributed by atoms with E-state index in [0.29, 0.717) is 17.5 Å². The molecular formula is C52H34N6. The average molecular weight is 743 g/mol. The monoisotopic (exact) mass is 742 g/mol. The molecule has 272 valence electrons. The summed E-state index contributed by atoms with van der Waals surface area (Å²) in [5.41, 5.74) is 13.0.